The van der Waals surface area contributed by atoms with Gasteiger partial charge >= 0.3 is 0 Å². The van der Waals surface area contributed by atoms with E-state index in [1.54, 1.807) is 18.2 Å². The summed E-state index contributed by atoms with van der Waals surface area (Å²) < 4.78 is 5.52. The standard InChI is InChI=1S/C18H18ClNO2/c1-3-22-17-7-5-4-6-14(17)9-11-18(21)20-16-12-15(19)10-8-13(16)2/h4-12H,3H2,1-2H3,(H,20,21). The molecule has 0 atom stereocenters. The number of aryl methyl sites for hydroxylation is 1. The Morgan fingerprint density at radius 2 is 2.05 bits per heavy atom. The van der Waals surface area contributed by atoms with Crippen LogP contribution in [0.15, 0.2) is 48.5 Å². The molecule has 2 aromatic carbocycles. The highest BCUT2D eigenvalue weighted by atomic mass is 35.5. The van der Waals surface area contributed by atoms with Crippen molar-refractivity contribution in [1.82, 2.24) is 0 Å². The number of ether oxygens (including phenoxy) is 1. The van der Waals surface area contributed by atoms with E-state index < -0.39 is 0 Å². The van der Waals surface area contributed by atoms with Crippen LogP contribution >= 0.6 is 11.6 Å². The van der Waals surface area contributed by atoms with Crippen LogP contribution in [-0.4, -0.2) is 12.5 Å². The second kappa shape index (κ2) is 7.66. The highest BCUT2D eigenvalue weighted by Gasteiger charge is 2.04. The number of rotatable bonds is 5. The number of hydrogen-bond acceptors (Lipinski definition) is 2. The molecular formula is C18H18ClNO2. The Morgan fingerprint density at radius 1 is 1.27 bits per heavy atom. The first kappa shape index (κ1) is 16.1. The average Bonchev–Trinajstić information content (AvgIpc) is 2.50. The molecule has 114 valence electrons. The van der Waals surface area contributed by atoms with Gasteiger partial charge in [-0.15, -0.1) is 0 Å². The molecule has 0 aliphatic carbocycles. The minimum absolute atomic E-state index is 0.211. The van der Waals surface area contributed by atoms with Crippen LogP contribution in [0.3, 0.4) is 0 Å². The summed E-state index contributed by atoms with van der Waals surface area (Å²) in [6, 6.07) is 13.0. The molecule has 0 fully saturated rings. The van der Waals surface area contributed by atoms with Crippen LogP contribution in [-0.2, 0) is 4.79 Å². The van der Waals surface area contributed by atoms with E-state index in [4.69, 9.17) is 16.3 Å². The fourth-order valence-corrected chi connectivity index (χ4v) is 2.15. The summed E-state index contributed by atoms with van der Waals surface area (Å²) in [5.41, 5.74) is 2.53. The van der Waals surface area contributed by atoms with Gasteiger partial charge in [-0.3, -0.25) is 4.79 Å². The smallest absolute Gasteiger partial charge is 0.248 e. The molecule has 0 bridgehead atoms. The van der Waals surface area contributed by atoms with Crippen LogP contribution in [0.5, 0.6) is 5.75 Å². The number of carbonyl (C=O) groups is 1. The summed E-state index contributed by atoms with van der Waals surface area (Å²) in [5.74, 6) is 0.546. The van der Waals surface area contributed by atoms with Crippen molar-refractivity contribution >= 4 is 29.3 Å². The van der Waals surface area contributed by atoms with E-state index in [0.29, 0.717) is 17.3 Å². The Hall–Kier alpha value is -2.26. The molecule has 0 aromatic heterocycles. The third-order valence-electron chi connectivity index (χ3n) is 3.09. The normalized spacial score (nSPS) is 10.7. The number of hydrogen-bond donors (Lipinski definition) is 1. The molecule has 1 amide bonds. The van der Waals surface area contributed by atoms with Gasteiger partial charge in [-0.25, -0.2) is 0 Å². The summed E-state index contributed by atoms with van der Waals surface area (Å²) in [4.78, 5) is 12.0. The zero-order chi connectivity index (χ0) is 15.9. The lowest BCUT2D eigenvalue weighted by molar-refractivity contribution is -0.111. The maximum Gasteiger partial charge on any atom is 0.248 e. The molecule has 0 heterocycles. The van der Waals surface area contributed by atoms with Gasteiger partial charge in [0.1, 0.15) is 5.75 Å². The van der Waals surface area contributed by atoms with Gasteiger partial charge in [0.25, 0.3) is 0 Å². The minimum atomic E-state index is -0.211. The Bertz CT molecular complexity index is 695. The van der Waals surface area contributed by atoms with Crippen molar-refractivity contribution in [3.8, 4) is 5.75 Å². The van der Waals surface area contributed by atoms with Crippen LogP contribution in [0.25, 0.3) is 6.08 Å². The lowest BCUT2D eigenvalue weighted by Crippen LogP contribution is -2.08. The molecule has 2 aromatic rings. The summed E-state index contributed by atoms with van der Waals surface area (Å²) >= 11 is 5.94. The monoisotopic (exact) mass is 315 g/mol. The van der Waals surface area contributed by atoms with Gasteiger partial charge in [0.15, 0.2) is 0 Å². The Kier molecular flexibility index (Phi) is 5.61. The Morgan fingerprint density at radius 3 is 2.82 bits per heavy atom. The molecule has 3 nitrogen and oxygen atoms in total. The fraction of sp³-hybridized carbons (Fsp3) is 0.167. The minimum Gasteiger partial charge on any atom is -0.493 e. The van der Waals surface area contributed by atoms with E-state index in [1.165, 1.54) is 6.08 Å². The van der Waals surface area contributed by atoms with Crippen molar-refractivity contribution < 1.29 is 9.53 Å². The predicted octanol–water partition coefficient (Wildman–Crippen LogP) is 4.70. The Balaban J connectivity index is 2.10. The lowest BCUT2D eigenvalue weighted by atomic mass is 10.1. The quantitative estimate of drug-likeness (QED) is 0.812. The first-order valence-corrected chi connectivity index (χ1v) is 7.45. The summed E-state index contributed by atoms with van der Waals surface area (Å²) in [5, 5.41) is 3.41. The van der Waals surface area contributed by atoms with Gasteiger partial charge in [0.05, 0.1) is 6.61 Å². The van der Waals surface area contributed by atoms with Gasteiger partial charge in [-0.05, 0) is 43.7 Å². The molecule has 0 aliphatic heterocycles. The fourth-order valence-electron chi connectivity index (χ4n) is 1.97. The largest absolute Gasteiger partial charge is 0.493 e. The molecule has 4 heteroatoms. The number of anilines is 1. The maximum atomic E-state index is 12.0. The number of nitrogens with one attached hydrogen (secondary N) is 1. The summed E-state index contributed by atoms with van der Waals surface area (Å²) in [7, 11) is 0. The lowest BCUT2D eigenvalue weighted by Gasteiger charge is -2.08. The molecule has 0 aliphatic rings. The third-order valence-corrected chi connectivity index (χ3v) is 3.33. The molecule has 1 N–H and O–H groups in total. The van der Waals surface area contributed by atoms with E-state index in [-0.39, 0.29) is 5.91 Å². The van der Waals surface area contributed by atoms with Crippen molar-refractivity contribution in [3.05, 3.63) is 64.7 Å². The second-order valence-corrected chi connectivity index (χ2v) is 5.19. The van der Waals surface area contributed by atoms with Gasteiger partial charge in [0.2, 0.25) is 5.91 Å². The van der Waals surface area contributed by atoms with E-state index in [9.17, 15) is 4.79 Å². The van der Waals surface area contributed by atoms with Crippen LogP contribution in [0, 0.1) is 6.92 Å². The van der Waals surface area contributed by atoms with Crippen molar-refractivity contribution in [2.75, 3.05) is 11.9 Å². The molecule has 2 rings (SSSR count). The van der Waals surface area contributed by atoms with Crippen molar-refractivity contribution in [3.63, 3.8) is 0 Å². The zero-order valence-electron chi connectivity index (χ0n) is 12.6. The van der Waals surface area contributed by atoms with Gasteiger partial charge in [-0.1, -0.05) is 35.9 Å². The number of para-hydroxylation sites is 1. The van der Waals surface area contributed by atoms with Crippen LogP contribution in [0.2, 0.25) is 5.02 Å². The molecular weight excluding hydrogens is 298 g/mol. The van der Waals surface area contributed by atoms with Crippen LogP contribution in [0.4, 0.5) is 5.69 Å². The maximum absolute atomic E-state index is 12.0. The van der Waals surface area contributed by atoms with E-state index in [0.717, 1.165) is 16.9 Å². The van der Waals surface area contributed by atoms with E-state index in [1.807, 2.05) is 44.2 Å². The molecule has 22 heavy (non-hydrogen) atoms. The summed E-state index contributed by atoms with van der Waals surface area (Å²) in [6.45, 7) is 4.42. The number of halogens is 1. The number of carbonyl (C=O) groups excluding carboxylic acids is 1. The molecule has 0 radical (unpaired) electrons. The van der Waals surface area contributed by atoms with Crippen molar-refractivity contribution in [1.29, 1.82) is 0 Å². The van der Waals surface area contributed by atoms with Gasteiger partial charge in [-0.2, -0.15) is 0 Å². The van der Waals surface area contributed by atoms with E-state index in [2.05, 4.69) is 5.32 Å². The highest BCUT2D eigenvalue weighted by Crippen LogP contribution is 2.21. The third kappa shape index (κ3) is 4.37. The zero-order valence-corrected chi connectivity index (χ0v) is 13.4. The molecule has 0 saturated heterocycles. The highest BCUT2D eigenvalue weighted by molar-refractivity contribution is 6.31. The van der Waals surface area contributed by atoms with Crippen molar-refractivity contribution in [2.24, 2.45) is 0 Å². The molecule has 0 unspecified atom stereocenters. The van der Waals surface area contributed by atoms with Crippen LogP contribution in [0.1, 0.15) is 18.1 Å². The van der Waals surface area contributed by atoms with E-state index >= 15 is 0 Å². The van der Waals surface area contributed by atoms with Gasteiger partial charge in [0, 0.05) is 22.3 Å². The van der Waals surface area contributed by atoms with Gasteiger partial charge < -0.3 is 10.1 Å². The number of benzene rings is 2. The number of amides is 1. The topological polar surface area (TPSA) is 38.3 Å². The SMILES string of the molecule is CCOc1ccccc1C=CC(=O)Nc1cc(Cl)ccc1C. The summed E-state index contributed by atoms with van der Waals surface area (Å²) in [6.07, 6.45) is 3.22. The van der Waals surface area contributed by atoms with Crippen LogP contribution < -0.4 is 10.1 Å². The average molecular weight is 316 g/mol. The Labute approximate surface area is 135 Å². The first-order valence-electron chi connectivity index (χ1n) is 7.07. The second-order valence-electron chi connectivity index (χ2n) is 4.75. The molecule has 0 spiro atoms. The molecule has 0 saturated carbocycles. The van der Waals surface area contributed by atoms with Crippen molar-refractivity contribution in [2.45, 2.75) is 13.8 Å². The first-order chi connectivity index (χ1) is 10.6. The predicted molar refractivity (Wildman–Crippen MR) is 91.5 cm³/mol.